The van der Waals surface area contributed by atoms with E-state index >= 15 is 0 Å². The summed E-state index contributed by atoms with van der Waals surface area (Å²) in [5, 5.41) is 6.27. The van der Waals surface area contributed by atoms with Crippen LogP contribution in [0.1, 0.15) is 41.6 Å². The van der Waals surface area contributed by atoms with Crippen LogP contribution in [0, 0.1) is 5.92 Å². The molecule has 128 valence electrons. The second-order valence-corrected chi connectivity index (χ2v) is 6.47. The summed E-state index contributed by atoms with van der Waals surface area (Å²) >= 11 is 0. The molecule has 0 aromatic heterocycles. The van der Waals surface area contributed by atoms with Crippen molar-refractivity contribution in [1.29, 1.82) is 0 Å². The van der Waals surface area contributed by atoms with Crippen LogP contribution in [0.5, 0.6) is 0 Å². The topological polar surface area (TPSA) is 78.5 Å². The molecule has 1 aromatic carbocycles. The van der Waals surface area contributed by atoms with E-state index in [4.69, 9.17) is 0 Å². The van der Waals surface area contributed by atoms with Crippen LogP contribution in [0.25, 0.3) is 0 Å². The molecule has 2 aliphatic heterocycles. The van der Waals surface area contributed by atoms with Crippen molar-refractivity contribution in [3.8, 4) is 0 Å². The van der Waals surface area contributed by atoms with Gasteiger partial charge in [-0.3, -0.25) is 19.3 Å². The molecule has 1 aromatic rings. The molecule has 0 radical (unpaired) electrons. The van der Waals surface area contributed by atoms with Crippen molar-refractivity contribution in [1.82, 2.24) is 15.5 Å². The van der Waals surface area contributed by atoms with Gasteiger partial charge in [0.05, 0.1) is 6.54 Å². The minimum atomic E-state index is -0.122. The number of benzene rings is 1. The first-order chi connectivity index (χ1) is 11.6. The summed E-state index contributed by atoms with van der Waals surface area (Å²) in [7, 11) is 0. The molecule has 3 amide bonds. The third kappa shape index (κ3) is 4.00. The SMILES string of the molecule is O=C(NCCC1CCNC1)c1ccc(CN2C(=O)CCC2=O)cc1. The van der Waals surface area contributed by atoms with Gasteiger partial charge in [0.1, 0.15) is 0 Å². The van der Waals surface area contributed by atoms with Crippen LogP contribution in [0.15, 0.2) is 24.3 Å². The molecule has 2 aliphatic rings. The first-order valence-electron chi connectivity index (χ1n) is 8.54. The van der Waals surface area contributed by atoms with E-state index in [0.29, 0.717) is 30.9 Å². The number of nitrogens with one attached hydrogen (secondary N) is 2. The van der Waals surface area contributed by atoms with E-state index in [2.05, 4.69) is 10.6 Å². The van der Waals surface area contributed by atoms with Crippen LogP contribution in [-0.4, -0.2) is 42.3 Å². The van der Waals surface area contributed by atoms with E-state index in [-0.39, 0.29) is 24.3 Å². The third-order valence-corrected chi connectivity index (χ3v) is 4.71. The number of amides is 3. The lowest BCUT2D eigenvalue weighted by atomic mass is 10.1. The average molecular weight is 329 g/mol. The van der Waals surface area contributed by atoms with E-state index in [9.17, 15) is 14.4 Å². The van der Waals surface area contributed by atoms with Gasteiger partial charge in [-0.15, -0.1) is 0 Å². The number of hydrogen-bond donors (Lipinski definition) is 2. The van der Waals surface area contributed by atoms with E-state index in [1.165, 1.54) is 11.3 Å². The quantitative estimate of drug-likeness (QED) is 0.765. The number of nitrogens with zero attached hydrogens (tertiary/aromatic N) is 1. The molecule has 0 saturated carbocycles. The molecule has 6 heteroatoms. The van der Waals surface area contributed by atoms with Crippen LogP contribution in [0.3, 0.4) is 0 Å². The van der Waals surface area contributed by atoms with E-state index in [1.54, 1.807) is 24.3 Å². The highest BCUT2D eigenvalue weighted by molar-refractivity contribution is 6.01. The summed E-state index contributed by atoms with van der Waals surface area (Å²) in [5.41, 5.74) is 1.45. The maximum atomic E-state index is 12.1. The molecule has 2 fully saturated rings. The smallest absolute Gasteiger partial charge is 0.251 e. The Balaban J connectivity index is 1.49. The Morgan fingerprint density at radius 1 is 1.17 bits per heavy atom. The fourth-order valence-electron chi connectivity index (χ4n) is 3.20. The number of carbonyl (C=O) groups excluding carboxylic acids is 3. The lowest BCUT2D eigenvalue weighted by Gasteiger charge is -2.14. The fraction of sp³-hybridized carbons (Fsp3) is 0.500. The molecule has 1 atom stereocenters. The highest BCUT2D eigenvalue weighted by Gasteiger charge is 2.28. The minimum Gasteiger partial charge on any atom is -0.352 e. The van der Waals surface area contributed by atoms with Crippen molar-refractivity contribution in [3.05, 3.63) is 35.4 Å². The number of carbonyl (C=O) groups is 3. The van der Waals surface area contributed by atoms with Crippen molar-refractivity contribution < 1.29 is 14.4 Å². The summed E-state index contributed by atoms with van der Waals surface area (Å²) < 4.78 is 0. The zero-order chi connectivity index (χ0) is 16.9. The van der Waals surface area contributed by atoms with E-state index < -0.39 is 0 Å². The van der Waals surface area contributed by atoms with Crippen LogP contribution >= 0.6 is 0 Å². The summed E-state index contributed by atoms with van der Waals surface area (Å²) in [4.78, 5) is 36.7. The molecule has 3 rings (SSSR count). The Morgan fingerprint density at radius 3 is 2.50 bits per heavy atom. The second kappa shape index (κ2) is 7.57. The molecular weight excluding hydrogens is 306 g/mol. The average Bonchev–Trinajstić information content (AvgIpc) is 3.21. The van der Waals surface area contributed by atoms with E-state index in [1.807, 2.05) is 0 Å². The molecule has 0 aliphatic carbocycles. The lowest BCUT2D eigenvalue weighted by Crippen LogP contribution is -2.28. The van der Waals surface area contributed by atoms with Gasteiger partial charge >= 0.3 is 0 Å². The van der Waals surface area contributed by atoms with Gasteiger partial charge in [-0.05, 0) is 49.5 Å². The van der Waals surface area contributed by atoms with Gasteiger partial charge in [-0.25, -0.2) is 0 Å². The molecule has 1 unspecified atom stereocenters. The van der Waals surface area contributed by atoms with Crippen molar-refractivity contribution in [2.75, 3.05) is 19.6 Å². The van der Waals surface area contributed by atoms with Crippen LogP contribution in [-0.2, 0) is 16.1 Å². The zero-order valence-electron chi connectivity index (χ0n) is 13.7. The minimum absolute atomic E-state index is 0.0826. The van der Waals surface area contributed by atoms with Crippen molar-refractivity contribution in [2.45, 2.75) is 32.2 Å². The van der Waals surface area contributed by atoms with Crippen molar-refractivity contribution in [3.63, 3.8) is 0 Å². The van der Waals surface area contributed by atoms with Gasteiger partial charge in [-0.2, -0.15) is 0 Å². The van der Waals surface area contributed by atoms with Crippen LogP contribution in [0.4, 0.5) is 0 Å². The second-order valence-electron chi connectivity index (χ2n) is 6.47. The summed E-state index contributed by atoms with van der Waals surface area (Å²) in [6.45, 7) is 3.08. The molecule has 2 saturated heterocycles. The Labute approximate surface area is 141 Å². The molecule has 2 N–H and O–H groups in total. The molecule has 0 bridgehead atoms. The van der Waals surface area contributed by atoms with Gasteiger partial charge in [0, 0.05) is 24.9 Å². The van der Waals surface area contributed by atoms with Crippen LogP contribution < -0.4 is 10.6 Å². The Morgan fingerprint density at radius 2 is 1.88 bits per heavy atom. The standard InChI is InChI=1S/C18H23N3O3/c22-16-5-6-17(23)21(16)12-14-1-3-15(4-2-14)18(24)20-10-8-13-7-9-19-11-13/h1-4,13,19H,5-12H2,(H,20,24). The molecule has 6 nitrogen and oxygen atoms in total. The fourth-order valence-corrected chi connectivity index (χ4v) is 3.20. The summed E-state index contributed by atoms with van der Waals surface area (Å²) in [6, 6.07) is 7.09. The monoisotopic (exact) mass is 329 g/mol. The van der Waals surface area contributed by atoms with Gasteiger partial charge in [0.25, 0.3) is 5.91 Å². The van der Waals surface area contributed by atoms with Gasteiger partial charge in [0.15, 0.2) is 0 Å². The summed E-state index contributed by atoms with van der Waals surface area (Å²) in [5.74, 6) is 0.329. The Bertz CT molecular complexity index is 605. The normalized spacial score (nSPS) is 20.7. The first-order valence-corrected chi connectivity index (χ1v) is 8.54. The molecule has 24 heavy (non-hydrogen) atoms. The lowest BCUT2D eigenvalue weighted by molar-refractivity contribution is -0.139. The van der Waals surface area contributed by atoms with E-state index in [0.717, 1.165) is 25.1 Å². The van der Waals surface area contributed by atoms with Crippen molar-refractivity contribution in [2.24, 2.45) is 5.92 Å². The van der Waals surface area contributed by atoms with Crippen molar-refractivity contribution >= 4 is 17.7 Å². The predicted octanol–water partition coefficient (Wildman–Crippen LogP) is 1.06. The number of rotatable bonds is 6. The first kappa shape index (κ1) is 16.6. The maximum Gasteiger partial charge on any atom is 0.251 e. The maximum absolute atomic E-state index is 12.1. The number of likely N-dealkylation sites (tertiary alicyclic amines) is 1. The highest BCUT2D eigenvalue weighted by Crippen LogP contribution is 2.16. The predicted molar refractivity (Wildman–Crippen MR) is 89.2 cm³/mol. The van der Waals surface area contributed by atoms with Gasteiger partial charge < -0.3 is 10.6 Å². The van der Waals surface area contributed by atoms with Gasteiger partial charge in [0.2, 0.25) is 11.8 Å². The molecular formula is C18H23N3O3. The number of hydrogen-bond acceptors (Lipinski definition) is 4. The zero-order valence-corrected chi connectivity index (χ0v) is 13.7. The van der Waals surface area contributed by atoms with Gasteiger partial charge in [-0.1, -0.05) is 12.1 Å². The largest absolute Gasteiger partial charge is 0.352 e. The Kier molecular flexibility index (Phi) is 5.25. The molecule has 0 spiro atoms. The Hall–Kier alpha value is -2.21. The third-order valence-electron chi connectivity index (χ3n) is 4.71. The highest BCUT2D eigenvalue weighted by atomic mass is 16.2. The summed E-state index contributed by atoms with van der Waals surface area (Å²) in [6.07, 6.45) is 2.78. The molecule has 2 heterocycles. The van der Waals surface area contributed by atoms with Crippen LogP contribution in [0.2, 0.25) is 0 Å². The number of imide groups is 1.